The Morgan fingerprint density at radius 2 is 1.39 bits per heavy atom. The molecule has 0 saturated carbocycles. The average molecular weight is 304 g/mol. The van der Waals surface area contributed by atoms with Crippen molar-refractivity contribution < 1.29 is 15.3 Å². The van der Waals surface area contributed by atoms with Crippen LogP contribution in [0.1, 0.15) is 11.1 Å². The maximum atomic E-state index is 10.2. The first-order chi connectivity index (χ1) is 11.1. The van der Waals surface area contributed by atoms with E-state index >= 15 is 0 Å². The highest BCUT2D eigenvalue weighted by Gasteiger charge is 2.15. The minimum Gasteiger partial charge on any atom is -0.504 e. The lowest BCUT2D eigenvalue weighted by atomic mass is 9.89. The van der Waals surface area contributed by atoms with Crippen LogP contribution in [0.25, 0.3) is 32.3 Å². The zero-order valence-electron chi connectivity index (χ0n) is 12.7. The number of hydrogen-bond acceptors (Lipinski definition) is 3. The van der Waals surface area contributed by atoms with E-state index in [2.05, 4.69) is 13.0 Å². The molecular formula is C20H16O3. The second kappa shape index (κ2) is 4.86. The first-order valence-corrected chi connectivity index (χ1v) is 7.52. The van der Waals surface area contributed by atoms with Crippen molar-refractivity contribution in [2.45, 2.75) is 13.5 Å². The van der Waals surface area contributed by atoms with E-state index in [9.17, 15) is 15.3 Å². The quantitative estimate of drug-likeness (QED) is 0.278. The number of benzene rings is 4. The number of fused-ring (bicyclic) bond motifs is 4. The summed E-state index contributed by atoms with van der Waals surface area (Å²) in [4.78, 5) is 0. The minimum atomic E-state index is -0.139. The topological polar surface area (TPSA) is 60.7 Å². The number of aryl methyl sites for hydroxylation is 1. The van der Waals surface area contributed by atoms with Gasteiger partial charge < -0.3 is 15.3 Å². The van der Waals surface area contributed by atoms with E-state index < -0.39 is 0 Å². The third-order valence-corrected chi connectivity index (χ3v) is 4.67. The summed E-state index contributed by atoms with van der Waals surface area (Å²) in [6.45, 7) is 1.98. The molecular weight excluding hydrogens is 288 g/mol. The lowest BCUT2D eigenvalue weighted by molar-refractivity contribution is 0.285. The van der Waals surface area contributed by atoms with E-state index in [0.717, 1.165) is 38.1 Å². The summed E-state index contributed by atoms with van der Waals surface area (Å²) >= 11 is 0. The van der Waals surface area contributed by atoms with Gasteiger partial charge in [-0.1, -0.05) is 30.3 Å². The molecule has 0 atom stereocenters. The van der Waals surface area contributed by atoms with Gasteiger partial charge in [0.05, 0.1) is 6.61 Å². The molecule has 0 radical (unpaired) electrons. The summed E-state index contributed by atoms with van der Waals surface area (Å²) in [6.07, 6.45) is 0. The van der Waals surface area contributed by atoms with Crippen molar-refractivity contribution in [3.05, 3.63) is 59.7 Å². The van der Waals surface area contributed by atoms with Crippen molar-refractivity contribution in [3.63, 3.8) is 0 Å². The highest BCUT2D eigenvalue weighted by atomic mass is 16.3. The van der Waals surface area contributed by atoms with Crippen LogP contribution in [0.3, 0.4) is 0 Å². The molecule has 0 spiro atoms. The van der Waals surface area contributed by atoms with Crippen LogP contribution in [0, 0.1) is 6.92 Å². The van der Waals surface area contributed by atoms with Crippen LogP contribution in [-0.2, 0) is 6.61 Å². The van der Waals surface area contributed by atoms with Crippen LogP contribution in [0.15, 0.2) is 48.5 Å². The van der Waals surface area contributed by atoms with Crippen molar-refractivity contribution in [3.8, 4) is 11.5 Å². The SMILES string of the molecule is Cc1c2ccccc2c(CO)c2c1ccc1c(O)c(O)ccc12. The van der Waals surface area contributed by atoms with Gasteiger partial charge in [0.15, 0.2) is 11.5 Å². The standard InChI is InChI=1S/C20H16O3/c1-11-12-4-2-3-5-14(12)17(10-21)19-13(11)6-7-16-15(19)8-9-18(22)20(16)23/h2-9,21-23H,10H2,1H3. The molecule has 3 nitrogen and oxygen atoms in total. The molecule has 0 saturated heterocycles. The van der Waals surface area contributed by atoms with Crippen LogP contribution >= 0.6 is 0 Å². The summed E-state index contributed by atoms with van der Waals surface area (Å²) in [5, 5.41) is 35.4. The molecule has 0 aliphatic carbocycles. The molecule has 114 valence electrons. The van der Waals surface area contributed by atoms with Gasteiger partial charge in [-0.3, -0.25) is 0 Å². The number of phenols is 2. The Morgan fingerprint density at radius 3 is 2.13 bits per heavy atom. The zero-order chi connectivity index (χ0) is 16.1. The first kappa shape index (κ1) is 13.9. The van der Waals surface area contributed by atoms with Gasteiger partial charge in [-0.2, -0.15) is 0 Å². The summed E-state index contributed by atoms with van der Waals surface area (Å²) in [5.41, 5.74) is 1.99. The Hall–Kier alpha value is -2.78. The molecule has 23 heavy (non-hydrogen) atoms. The fraction of sp³-hybridized carbons (Fsp3) is 0.100. The maximum absolute atomic E-state index is 10.2. The largest absolute Gasteiger partial charge is 0.504 e. The van der Waals surface area contributed by atoms with Crippen LogP contribution in [0.5, 0.6) is 11.5 Å². The molecule has 4 aromatic rings. The average Bonchev–Trinajstić information content (AvgIpc) is 2.58. The maximum Gasteiger partial charge on any atom is 0.165 e. The zero-order valence-corrected chi connectivity index (χ0v) is 12.7. The van der Waals surface area contributed by atoms with Crippen LogP contribution in [-0.4, -0.2) is 15.3 Å². The van der Waals surface area contributed by atoms with Crippen molar-refractivity contribution in [2.24, 2.45) is 0 Å². The van der Waals surface area contributed by atoms with Gasteiger partial charge in [0.25, 0.3) is 0 Å². The summed E-state index contributed by atoms with van der Waals surface area (Å²) in [7, 11) is 0. The fourth-order valence-corrected chi connectivity index (χ4v) is 3.53. The second-order valence-electron chi connectivity index (χ2n) is 5.82. The third kappa shape index (κ3) is 1.80. The lowest BCUT2D eigenvalue weighted by Gasteiger charge is -2.16. The summed E-state index contributed by atoms with van der Waals surface area (Å²) in [5.74, 6) is -0.265. The molecule has 3 heteroatoms. The number of aromatic hydroxyl groups is 2. The number of aliphatic hydroxyl groups excluding tert-OH is 1. The van der Waals surface area contributed by atoms with E-state index in [1.807, 2.05) is 30.3 Å². The van der Waals surface area contributed by atoms with Gasteiger partial charge in [-0.05, 0) is 63.2 Å². The van der Waals surface area contributed by atoms with Gasteiger partial charge in [-0.15, -0.1) is 0 Å². The van der Waals surface area contributed by atoms with E-state index in [4.69, 9.17) is 0 Å². The molecule has 0 aliphatic heterocycles. The van der Waals surface area contributed by atoms with Crippen molar-refractivity contribution in [1.82, 2.24) is 0 Å². The predicted molar refractivity (Wildman–Crippen MR) is 92.9 cm³/mol. The van der Waals surface area contributed by atoms with E-state index in [0.29, 0.717) is 5.39 Å². The number of hydrogen-bond donors (Lipinski definition) is 3. The molecule has 0 aliphatic rings. The first-order valence-electron chi connectivity index (χ1n) is 7.52. The van der Waals surface area contributed by atoms with Crippen molar-refractivity contribution in [1.29, 1.82) is 0 Å². The van der Waals surface area contributed by atoms with Gasteiger partial charge in [0.1, 0.15) is 0 Å². The predicted octanol–water partition coefficient (Wildman–Crippen LogP) is 4.36. The number of aliphatic hydroxyl groups is 1. The van der Waals surface area contributed by atoms with Gasteiger partial charge in [0, 0.05) is 5.39 Å². The molecule has 0 aromatic heterocycles. The Morgan fingerprint density at radius 1 is 0.739 bits per heavy atom. The molecule has 0 fully saturated rings. The molecule has 4 rings (SSSR count). The Bertz CT molecular complexity index is 1080. The van der Waals surface area contributed by atoms with Crippen molar-refractivity contribution >= 4 is 32.3 Å². The van der Waals surface area contributed by atoms with Gasteiger partial charge >= 0.3 is 0 Å². The highest BCUT2D eigenvalue weighted by molar-refractivity contribution is 6.17. The normalized spacial score (nSPS) is 11.6. The van der Waals surface area contributed by atoms with E-state index in [-0.39, 0.29) is 18.1 Å². The van der Waals surface area contributed by atoms with Gasteiger partial charge in [0.2, 0.25) is 0 Å². The molecule has 0 amide bonds. The number of rotatable bonds is 1. The molecule has 0 bridgehead atoms. The van der Waals surface area contributed by atoms with E-state index in [1.165, 1.54) is 6.07 Å². The smallest absolute Gasteiger partial charge is 0.165 e. The highest BCUT2D eigenvalue weighted by Crippen LogP contribution is 2.41. The Labute approximate surface area is 133 Å². The van der Waals surface area contributed by atoms with Gasteiger partial charge in [-0.25, -0.2) is 0 Å². The summed E-state index contributed by atoms with van der Waals surface area (Å²) in [6, 6.07) is 15.1. The number of phenolic OH excluding ortho intramolecular Hbond substituents is 2. The van der Waals surface area contributed by atoms with Crippen LogP contribution in [0.2, 0.25) is 0 Å². The summed E-state index contributed by atoms with van der Waals surface area (Å²) < 4.78 is 0. The minimum absolute atomic E-state index is 0.0853. The lowest BCUT2D eigenvalue weighted by Crippen LogP contribution is -1.94. The molecule has 4 aromatic carbocycles. The van der Waals surface area contributed by atoms with E-state index in [1.54, 1.807) is 6.07 Å². The van der Waals surface area contributed by atoms with Crippen LogP contribution in [0.4, 0.5) is 0 Å². The Balaban J connectivity index is 2.35. The Kier molecular flexibility index (Phi) is 2.93. The molecule has 0 unspecified atom stereocenters. The van der Waals surface area contributed by atoms with Crippen molar-refractivity contribution in [2.75, 3.05) is 0 Å². The molecule has 3 N–H and O–H groups in total. The third-order valence-electron chi connectivity index (χ3n) is 4.67. The fourth-order valence-electron chi connectivity index (χ4n) is 3.53. The monoisotopic (exact) mass is 304 g/mol. The molecule has 0 heterocycles. The second-order valence-corrected chi connectivity index (χ2v) is 5.82. The van der Waals surface area contributed by atoms with Crippen LogP contribution < -0.4 is 0 Å².